The molecule has 1 saturated carbocycles. The second kappa shape index (κ2) is 7.32. The van der Waals surface area contributed by atoms with Crippen molar-refractivity contribution in [3.8, 4) is 0 Å². The zero-order valence-electron chi connectivity index (χ0n) is 17.1. The summed E-state index contributed by atoms with van der Waals surface area (Å²) in [6.07, 6.45) is 0. The summed E-state index contributed by atoms with van der Waals surface area (Å²) in [5, 5.41) is 2.27. The summed E-state index contributed by atoms with van der Waals surface area (Å²) in [4.78, 5) is 12.3. The molecule has 2 aromatic carbocycles. The molecule has 1 fully saturated rings. The predicted molar refractivity (Wildman–Crippen MR) is 97.8 cm³/mol. The molecule has 3 rings (SSSR count). The Morgan fingerprint density at radius 2 is 1.03 bits per heavy atom. The molecule has 1 N–H and O–H groups in total. The fourth-order valence-corrected chi connectivity index (χ4v) is 3.72. The summed E-state index contributed by atoms with van der Waals surface area (Å²) < 4.78 is 155. The number of benzene rings is 2. The van der Waals surface area contributed by atoms with Gasteiger partial charge in [-0.3, -0.25) is 4.79 Å². The van der Waals surface area contributed by atoms with E-state index < -0.39 is 57.9 Å². The monoisotopic (exact) mass is 505 g/mol. The SMILES string of the molecule is Cc1cc(C2(F)C(F)(F)C(F)(F)C(F)(F)C(F)(F)C2(F)F)cc(C)c1NC(=O)c1ccccc1. The van der Waals surface area contributed by atoms with Crippen molar-refractivity contribution in [2.75, 3.05) is 5.32 Å². The van der Waals surface area contributed by atoms with Gasteiger partial charge in [0.05, 0.1) is 0 Å². The zero-order valence-corrected chi connectivity index (χ0v) is 17.1. The van der Waals surface area contributed by atoms with Crippen LogP contribution in [0.5, 0.6) is 0 Å². The second-order valence-corrected chi connectivity index (χ2v) is 7.84. The molecule has 2 aromatic rings. The van der Waals surface area contributed by atoms with Crippen molar-refractivity contribution in [2.24, 2.45) is 0 Å². The maximum atomic E-state index is 15.3. The summed E-state index contributed by atoms with van der Waals surface area (Å²) in [7, 11) is 0. The van der Waals surface area contributed by atoms with Gasteiger partial charge in [-0.05, 0) is 37.1 Å². The van der Waals surface area contributed by atoms with Crippen molar-refractivity contribution >= 4 is 11.6 Å². The lowest BCUT2D eigenvalue weighted by molar-refractivity contribution is -0.489. The number of carbonyl (C=O) groups is 1. The molecule has 34 heavy (non-hydrogen) atoms. The van der Waals surface area contributed by atoms with Crippen LogP contribution in [0.25, 0.3) is 0 Å². The molecule has 0 radical (unpaired) electrons. The highest BCUT2D eigenvalue weighted by molar-refractivity contribution is 6.05. The van der Waals surface area contributed by atoms with E-state index in [4.69, 9.17) is 0 Å². The standard InChI is InChI=1S/C21H14F11NO/c1-10-8-13(9-11(2)14(10)33-15(34)12-6-4-3-5-7-12)16(22)17(23,24)19(27,28)21(31,32)20(29,30)18(16,25)26/h3-9H,1-2H3,(H,33,34). The average molecular weight is 505 g/mol. The first-order valence-corrected chi connectivity index (χ1v) is 9.35. The first kappa shape index (κ1) is 25.8. The van der Waals surface area contributed by atoms with Crippen LogP contribution in [0.2, 0.25) is 0 Å². The molecule has 0 aliphatic heterocycles. The third kappa shape index (κ3) is 2.90. The predicted octanol–water partition coefficient (Wildman–Crippen LogP) is 6.91. The zero-order chi connectivity index (χ0) is 26.1. The number of hydrogen-bond donors (Lipinski definition) is 1. The van der Waals surface area contributed by atoms with Gasteiger partial charge in [0.25, 0.3) is 11.6 Å². The van der Waals surface area contributed by atoms with E-state index in [1.54, 1.807) is 6.07 Å². The molecule has 0 saturated heterocycles. The van der Waals surface area contributed by atoms with Crippen molar-refractivity contribution in [3.63, 3.8) is 0 Å². The maximum absolute atomic E-state index is 15.3. The van der Waals surface area contributed by atoms with Crippen molar-refractivity contribution in [1.29, 1.82) is 0 Å². The fourth-order valence-electron chi connectivity index (χ4n) is 3.72. The Labute approximate surface area is 184 Å². The average Bonchev–Trinajstić information content (AvgIpc) is 2.74. The van der Waals surface area contributed by atoms with Crippen LogP contribution in [0.3, 0.4) is 0 Å². The van der Waals surface area contributed by atoms with E-state index in [1.165, 1.54) is 24.3 Å². The molecule has 0 atom stereocenters. The van der Waals surface area contributed by atoms with Crippen LogP contribution in [0.1, 0.15) is 27.0 Å². The number of amides is 1. The third-order valence-electron chi connectivity index (χ3n) is 5.65. The molecule has 0 unspecified atom stereocenters. The molecule has 0 spiro atoms. The van der Waals surface area contributed by atoms with Gasteiger partial charge in [-0.15, -0.1) is 0 Å². The number of anilines is 1. The van der Waals surface area contributed by atoms with E-state index in [1.807, 2.05) is 0 Å². The summed E-state index contributed by atoms with van der Waals surface area (Å²) in [5.41, 5.74) is -9.44. The Kier molecular flexibility index (Phi) is 5.54. The molecule has 0 heterocycles. The Morgan fingerprint density at radius 1 is 0.647 bits per heavy atom. The molecule has 1 amide bonds. The van der Waals surface area contributed by atoms with E-state index >= 15 is 4.39 Å². The van der Waals surface area contributed by atoms with Crippen LogP contribution in [0.15, 0.2) is 42.5 Å². The van der Waals surface area contributed by atoms with E-state index in [2.05, 4.69) is 5.32 Å². The summed E-state index contributed by atoms with van der Waals surface area (Å²) >= 11 is 0. The van der Waals surface area contributed by atoms with Crippen LogP contribution in [0, 0.1) is 13.8 Å². The fraction of sp³-hybridized carbons (Fsp3) is 0.381. The van der Waals surface area contributed by atoms with Gasteiger partial charge in [0.15, 0.2) is 0 Å². The van der Waals surface area contributed by atoms with Crippen molar-refractivity contribution in [3.05, 3.63) is 64.7 Å². The molecule has 0 bridgehead atoms. The van der Waals surface area contributed by atoms with E-state index in [9.17, 15) is 48.7 Å². The van der Waals surface area contributed by atoms with Crippen LogP contribution < -0.4 is 5.32 Å². The van der Waals surface area contributed by atoms with Gasteiger partial charge in [-0.2, -0.15) is 43.9 Å². The van der Waals surface area contributed by atoms with E-state index in [-0.39, 0.29) is 23.4 Å². The first-order valence-electron chi connectivity index (χ1n) is 9.35. The number of rotatable bonds is 3. The van der Waals surface area contributed by atoms with Crippen LogP contribution in [-0.4, -0.2) is 35.5 Å². The quantitative estimate of drug-likeness (QED) is 0.452. The first-order chi connectivity index (χ1) is 15.3. The minimum Gasteiger partial charge on any atom is -0.322 e. The molecule has 1 aliphatic carbocycles. The van der Waals surface area contributed by atoms with Crippen LogP contribution >= 0.6 is 0 Å². The molecule has 2 nitrogen and oxygen atoms in total. The van der Waals surface area contributed by atoms with E-state index in [0.717, 1.165) is 13.8 Å². The lowest BCUT2D eigenvalue weighted by atomic mass is 9.68. The molecule has 0 aromatic heterocycles. The van der Waals surface area contributed by atoms with Crippen LogP contribution in [0.4, 0.5) is 54.0 Å². The molecule has 13 heteroatoms. The number of carbonyl (C=O) groups excluding carboxylic acids is 1. The number of aryl methyl sites for hydroxylation is 2. The number of nitrogens with one attached hydrogen (secondary N) is 1. The number of halogens is 11. The lowest BCUT2D eigenvalue weighted by Gasteiger charge is -2.52. The molecule has 186 valence electrons. The van der Waals surface area contributed by atoms with E-state index in [0.29, 0.717) is 0 Å². The van der Waals surface area contributed by atoms with Gasteiger partial charge in [0.2, 0.25) is 0 Å². The minimum absolute atomic E-state index is 0.0826. The van der Waals surface area contributed by atoms with Gasteiger partial charge in [-0.25, -0.2) is 4.39 Å². The third-order valence-corrected chi connectivity index (χ3v) is 5.65. The number of hydrogen-bond acceptors (Lipinski definition) is 1. The van der Waals surface area contributed by atoms with Gasteiger partial charge in [-0.1, -0.05) is 30.3 Å². The van der Waals surface area contributed by atoms with Crippen molar-refractivity contribution in [2.45, 2.75) is 49.1 Å². The number of alkyl halides is 11. The molecular formula is C21H14F11NO. The lowest BCUT2D eigenvalue weighted by Crippen LogP contribution is -2.82. The van der Waals surface area contributed by atoms with Crippen molar-refractivity contribution < 1.29 is 53.1 Å². The Morgan fingerprint density at radius 3 is 1.44 bits per heavy atom. The highest BCUT2D eigenvalue weighted by Gasteiger charge is 3.01. The normalized spacial score (nSPS) is 23.2. The van der Waals surface area contributed by atoms with Gasteiger partial charge in [0, 0.05) is 16.8 Å². The van der Waals surface area contributed by atoms with Gasteiger partial charge >= 0.3 is 29.6 Å². The minimum atomic E-state index is -7.28. The summed E-state index contributed by atoms with van der Waals surface area (Å²) in [6, 6.07) is 7.43. The Bertz CT molecular complexity index is 1080. The smallest absolute Gasteiger partial charge is 0.322 e. The van der Waals surface area contributed by atoms with Crippen molar-refractivity contribution in [1.82, 2.24) is 0 Å². The molecular weight excluding hydrogens is 491 g/mol. The molecule has 1 aliphatic rings. The van der Waals surface area contributed by atoms with Gasteiger partial charge in [0.1, 0.15) is 0 Å². The van der Waals surface area contributed by atoms with Crippen LogP contribution in [-0.2, 0) is 5.67 Å². The summed E-state index contributed by atoms with van der Waals surface area (Å²) in [6.45, 7) is 1.90. The van der Waals surface area contributed by atoms with Gasteiger partial charge < -0.3 is 5.32 Å². The largest absolute Gasteiger partial charge is 0.384 e. The highest BCUT2D eigenvalue weighted by atomic mass is 19.4. The Hall–Kier alpha value is -2.86. The maximum Gasteiger partial charge on any atom is 0.384 e. The summed E-state index contributed by atoms with van der Waals surface area (Å²) in [5.74, 6) is -36.4. The highest BCUT2D eigenvalue weighted by Crippen LogP contribution is 2.72. The second-order valence-electron chi connectivity index (χ2n) is 7.84. The topological polar surface area (TPSA) is 29.1 Å². The Balaban J connectivity index is 2.19.